The van der Waals surface area contributed by atoms with Gasteiger partial charge in [-0.2, -0.15) is 0 Å². The minimum Gasteiger partial charge on any atom is -0.444 e. The second-order valence-electron chi connectivity index (χ2n) is 7.59. The smallest absolute Gasteiger partial charge is 0.407 e. The molecule has 1 atom stereocenters. The molecule has 27 heavy (non-hydrogen) atoms. The maximum absolute atomic E-state index is 12.0. The minimum atomic E-state index is -0.537. The molecule has 1 aliphatic heterocycles. The summed E-state index contributed by atoms with van der Waals surface area (Å²) in [6, 6.07) is 4.39. The standard InChI is InChI=1S/C18H23N5O4/c1-18(2,3)27-17(24)20-12-5-4-8-22(11-12)16-10-19-15-9-13(23(25)26)6-7-14(15)21-16/h6-7,9-10,12H,4-5,8,11H2,1-3H3,(H,20,24)/t12-/m0/s1. The van der Waals surface area contributed by atoms with Crippen molar-refractivity contribution in [2.24, 2.45) is 0 Å². The molecular weight excluding hydrogens is 350 g/mol. The molecule has 1 aromatic heterocycles. The number of carbonyl (C=O) groups is 1. The zero-order chi connectivity index (χ0) is 19.6. The molecule has 0 spiro atoms. The lowest BCUT2D eigenvalue weighted by molar-refractivity contribution is -0.384. The van der Waals surface area contributed by atoms with Crippen LogP contribution >= 0.6 is 0 Å². The average molecular weight is 373 g/mol. The van der Waals surface area contributed by atoms with Crippen molar-refractivity contribution >= 4 is 28.6 Å². The number of rotatable bonds is 3. The number of fused-ring (bicyclic) bond motifs is 1. The Morgan fingerprint density at radius 3 is 2.85 bits per heavy atom. The first-order valence-corrected chi connectivity index (χ1v) is 8.87. The van der Waals surface area contributed by atoms with Crippen molar-refractivity contribution in [1.82, 2.24) is 15.3 Å². The molecule has 0 radical (unpaired) electrons. The number of hydrogen-bond acceptors (Lipinski definition) is 7. The van der Waals surface area contributed by atoms with Crippen LogP contribution in [0.1, 0.15) is 33.6 Å². The number of piperidine rings is 1. The van der Waals surface area contributed by atoms with Crippen LogP contribution in [0, 0.1) is 10.1 Å². The van der Waals surface area contributed by atoms with Gasteiger partial charge in [0.1, 0.15) is 11.4 Å². The normalized spacial score (nSPS) is 17.6. The molecule has 2 aromatic rings. The number of hydrogen-bond donors (Lipinski definition) is 1. The summed E-state index contributed by atoms with van der Waals surface area (Å²) in [5.74, 6) is 0.687. The first-order chi connectivity index (χ1) is 12.7. The second-order valence-corrected chi connectivity index (χ2v) is 7.59. The molecule has 144 valence electrons. The van der Waals surface area contributed by atoms with Gasteiger partial charge in [0.05, 0.1) is 22.2 Å². The van der Waals surface area contributed by atoms with E-state index in [2.05, 4.69) is 20.2 Å². The van der Waals surface area contributed by atoms with Crippen LogP contribution in [0.3, 0.4) is 0 Å². The number of alkyl carbamates (subject to hydrolysis) is 1. The molecular formula is C18H23N5O4. The van der Waals surface area contributed by atoms with Crippen LogP contribution < -0.4 is 10.2 Å². The first-order valence-electron chi connectivity index (χ1n) is 8.87. The summed E-state index contributed by atoms with van der Waals surface area (Å²) in [7, 11) is 0. The van der Waals surface area contributed by atoms with Crippen molar-refractivity contribution < 1.29 is 14.5 Å². The molecule has 0 aliphatic carbocycles. The number of aromatic nitrogens is 2. The maximum atomic E-state index is 12.0. The molecule has 3 rings (SSSR count). The third kappa shape index (κ3) is 4.81. The number of amides is 1. The highest BCUT2D eigenvalue weighted by Gasteiger charge is 2.25. The third-order valence-corrected chi connectivity index (χ3v) is 4.19. The number of nitrogens with one attached hydrogen (secondary N) is 1. The molecule has 1 N–H and O–H groups in total. The Morgan fingerprint density at radius 1 is 1.37 bits per heavy atom. The van der Waals surface area contributed by atoms with Gasteiger partial charge in [-0.05, 0) is 39.7 Å². The van der Waals surface area contributed by atoms with Gasteiger partial charge in [0, 0.05) is 31.3 Å². The summed E-state index contributed by atoms with van der Waals surface area (Å²) in [5, 5.41) is 13.8. The SMILES string of the molecule is CC(C)(C)OC(=O)N[C@H]1CCCN(c2cnc3cc([N+](=O)[O-])ccc3n2)C1. The number of anilines is 1. The van der Waals surface area contributed by atoms with Gasteiger partial charge in [-0.1, -0.05) is 0 Å². The molecule has 2 heterocycles. The quantitative estimate of drug-likeness (QED) is 0.650. The zero-order valence-electron chi connectivity index (χ0n) is 15.6. The van der Waals surface area contributed by atoms with E-state index in [-0.39, 0.29) is 11.7 Å². The summed E-state index contributed by atoms with van der Waals surface area (Å²) < 4.78 is 5.32. The van der Waals surface area contributed by atoms with Crippen molar-refractivity contribution in [3.63, 3.8) is 0 Å². The molecule has 1 saturated heterocycles. The van der Waals surface area contributed by atoms with E-state index in [9.17, 15) is 14.9 Å². The van der Waals surface area contributed by atoms with Crippen LogP contribution in [0.5, 0.6) is 0 Å². The minimum absolute atomic E-state index is 0.0100. The fraction of sp³-hybridized carbons (Fsp3) is 0.500. The monoisotopic (exact) mass is 373 g/mol. The Labute approximate surface area is 156 Å². The van der Waals surface area contributed by atoms with Gasteiger partial charge >= 0.3 is 6.09 Å². The molecule has 9 heteroatoms. The average Bonchev–Trinajstić information content (AvgIpc) is 2.59. The van der Waals surface area contributed by atoms with Crippen LogP contribution in [0.15, 0.2) is 24.4 Å². The van der Waals surface area contributed by atoms with E-state index in [1.807, 2.05) is 20.8 Å². The summed E-state index contributed by atoms with van der Waals surface area (Å²) >= 11 is 0. The number of ether oxygens (including phenoxy) is 1. The number of carbonyl (C=O) groups excluding carboxylic acids is 1. The topological polar surface area (TPSA) is 110 Å². The van der Waals surface area contributed by atoms with Crippen LogP contribution in [-0.2, 0) is 4.74 Å². The highest BCUT2D eigenvalue weighted by Crippen LogP contribution is 2.22. The van der Waals surface area contributed by atoms with Crippen LogP contribution in [-0.4, -0.2) is 45.7 Å². The van der Waals surface area contributed by atoms with Crippen LogP contribution in [0.4, 0.5) is 16.3 Å². The predicted molar refractivity (Wildman–Crippen MR) is 101 cm³/mol. The molecule has 1 amide bonds. The molecule has 1 fully saturated rings. The number of nitrogens with zero attached hydrogens (tertiary/aromatic N) is 4. The summed E-state index contributed by atoms with van der Waals surface area (Å²) in [6.07, 6.45) is 2.96. The summed E-state index contributed by atoms with van der Waals surface area (Å²) in [5.41, 5.74) is 0.531. The van der Waals surface area contributed by atoms with E-state index in [0.29, 0.717) is 23.4 Å². The van der Waals surface area contributed by atoms with Crippen molar-refractivity contribution in [2.75, 3.05) is 18.0 Å². The van der Waals surface area contributed by atoms with Crippen LogP contribution in [0.25, 0.3) is 11.0 Å². The van der Waals surface area contributed by atoms with Crippen molar-refractivity contribution in [2.45, 2.75) is 45.3 Å². The molecule has 1 aliphatic rings. The third-order valence-electron chi connectivity index (χ3n) is 4.19. The van der Waals surface area contributed by atoms with E-state index in [0.717, 1.165) is 19.4 Å². The zero-order valence-corrected chi connectivity index (χ0v) is 15.6. The lowest BCUT2D eigenvalue weighted by Gasteiger charge is -2.34. The van der Waals surface area contributed by atoms with Crippen molar-refractivity contribution in [3.05, 3.63) is 34.5 Å². The second kappa shape index (κ2) is 7.34. The number of nitro benzene ring substituents is 1. The van der Waals surface area contributed by atoms with E-state index < -0.39 is 16.6 Å². The largest absolute Gasteiger partial charge is 0.444 e. The Morgan fingerprint density at radius 2 is 2.15 bits per heavy atom. The Kier molecular flexibility index (Phi) is 5.11. The predicted octanol–water partition coefficient (Wildman–Crippen LogP) is 3.03. The van der Waals surface area contributed by atoms with Gasteiger partial charge in [-0.3, -0.25) is 15.1 Å². The highest BCUT2D eigenvalue weighted by molar-refractivity contribution is 5.78. The number of nitro groups is 1. The van der Waals surface area contributed by atoms with E-state index in [4.69, 9.17) is 4.74 Å². The molecule has 0 bridgehead atoms. The van der Waals surface area contributed by atoms with E-state index in [1.54, 1.807) is 12.3 Å². The Balaban J connectivity index is 1.71. The number of benzene rings is 1. The highest BCUT2D eigenvalue weighted by atomic mass is 16.6. The molecule has 0 unspecified atom stereocenters. The van der Waals surface area contributed by atoms with Crippen LogP contribution in [0.2, 0.25) is 0 Å². The fourth-order valence-electron chi connectivity index (χ4n) is 3.03. The van der Waals surface area contributed by atoms with Gasteiger partial charge < -0.3 is 15.0 Å². The van der Waals surface area contributed by atoms with Gasteiger partial charge in [-0.25, -0.2) is 9.78 Å². The first kappa shape index (κ1) is 18.8. The summed E-state index contributed by atoms with van der Waals surface area (Å²) in [6.45, 7) is 6.89. The van der Waals surface area contributed by atoms with Gasteiger partial charge in [0.15, 0.2) is 0 Å². The lowest BCUT2D eigenvalue weighted by atomic mass is 10.1. The Bertz CT molecular complexity index is 864. The lowest BCUT2D eigenvalue weighted by Crippen LogP contribution is -2.49. The molecule has 0 saturated carbocycles. The van der Waals surface area contributed by atoms with E-state index in [1.165, 1.54) is 12.1 Å². The fourth-order valence-corrected chi connectivity index (χ4v) is 3.03. The van der Waals surface area contributed by atoms with Crippen molar-refractivity contribution in [3.8, 4) is 0 Å². The summed E-state index contributed by atoms with van der Waals surface area (Å²) in [4.78, 5) is 33.4. The maximum Gasteiger partial charge on any atom is 0.407 e. The van der Waals surface area contributed by atoms with Gasteiger partial charge in [0.2, 0.25) is 0 Å². The molecule has 9 nitrogen and oxygen atoms in total. The Hall–Kier alpha value is -2.97. The van der Waals surface area contributed by atoms with Gasteiger partial charge in [-0.15, -0.1) is 0 Å². The number of non-ortho nitro benzene ring substituents is 1. The van der Waals surface area contributed by atoms with Crippen molar-refractivity contribution in [1.29, 1.82) is 0 Å². The molecule has 1 aromatic carbocycles. The van der Waals surface area contributed by atoms with E-state index >= 15 is 0 Å². The van der Waals surface area contributed by atoms with Gasteiger partial charge in [0.25, 0.3) is 5.69 Å².